The van der Waals surface area contributed by atoms with Gasteiger partial charge in [-0.25, -0.2) is 0 Å². The van der Waals surface area contributed by atoms with Crippen molar-refractivity contribution in [2.24, 2.45) is 29.4 Å². The largest absolute Gasteiger partial charge is 0.508 e. The number of phenols is 1. The standard InChI is InChI=1S/C35H44N2O9/c1-37(2)27-26-30(46-34(44)18-11-4-3-5-12-18)23-20(16-15-17-9-6-7-10-17)19-13-8-14-21(38)22(19)28(39)24(23)31(41)35(26,45)32(42)25(29(27)40)33(36)43/h8,13-14,17-18,20,23,26-27,30,38-39,42,45H,3-7,9-12,15-16H2,1-2H3,(H2,36,43)/t20-,23+,26+,27?,30-,35-/m0/s1. The SMILES string of the molecule is CN(C)C1C(=O)C(C(N)=O)=C(O)[C@@]2(O)C(=O)C3=C(O)c4c(O)cccc4[C@H](CCC4CCCC4)[C@H]3[C@H](OC(=O)C3CCCCC3)[C@@H]12. The molecule has 248 valence electrons. The number of carbonyl (C=O) groups is 4. The fourth-order valence-corrected chi connectivity index (χ4v) is 9.13. The highest BCUT2D eigenvalue weighted by atomic mass is 16.5. The van der Waals surface area contributed by atoms with Crippen LogP contribution in [0.25, 0.3) is 5.76 Å². The van der Waals surface area contributed by atoms with Gasteiger partial charge >= 0.3 is 5.97 Å². The fraction of sp³-hybridized carbons (Fsp3) is 0.600. The van der Waals surface area contributed by atoms with Gasteiger partial charge in [0.1, 0.15) is 28.9 Å². The Kier molecular flexibility index (Phi) is 8.52. The average molecular weight is 637 g/mol. The lowest BCUT2D eigenvalue weighted by molar-refractivity contribution is -0.188. The third-order valence-corrected chi connectivity index (χ3v) is 11.3. The number of rotatable bonds is 7. The number of ether oxygens (including phenoxy) is 1. The normalized spacial score (nSPS) is 32.0. The lowest BCUT2D eigenvalue weighted by Crippen LogP contribution is -2.71. The molecule has 0 aliphatic heterocycles. The van der Waals surface area contributed by atoms with Gasteiger partial charge in [-0.3, -0.25) is 24.1 Å². The summed E-state index contributed by atoms with van der Waals surface area (Å²) in [5, 5.41) is 46.6. The number of fused-ring (bicyclic) bond motifs is 3. The molecule has 0 radical (unpaired) electrons. The molecule has 11 heteroatoms. The molecule has 0 spiro atoms. The molecule has 0 heterocycles. The predicted octanol–water partition coefficient (Wildman–Crippen LogP) is 3.58. The van der Waals surface area contributed by atoms with E-state index in [-0.39, 0.29) is 16.9 Å². The molecule has 6 rings (SSSR count). The second-order valence-electron chi connectivity index (χ2n) is 14.1. The third-order valence-electron chi connectivity index (χ3n) is 11.3. The molecule has 3 saturated carbocycles. The van der Waals surface area contributed by atoms with Gasteiger partial charge in [-0.2, -0.15) is 0 Å². The number of phenolic OH excluding ortho intramolecular Hbond substituents is 1. The van der Waals surface area contributed by atoms with E-state index >= 15 is 0 Å². The summed E-state index contributed by atoms with van der Waals surface area (Å²) in [5.74, 6) is -9.06. The topological polar surface area (TPSA) is 188 Å². The van der Waals surface area contributed by atoms with Crippen LogP contribution in [0.15, 0.2) is 35.1 Å². The van der Waals surface area contributed by atoms with Crippen LogP contribution in [0, 0.1) is 23.7 Å². The van der Waals surface area contributed by atoms with Gasteiger partial charge in [-0.05, 0) is 63.2 Å². The molecule has 1 aromatic rings. The van der Waals surface area contributed by atoms with Crippen LogP contribution in [0.1, 0.15) is 87.7 Å². The van der Waals surface area contributed by atoms with Crippen LogP contribution in [0.5, 0.6) is 5.75 Å². The van der Waals surface area contributed by atoms with Gasteiger partial charge < -0.3 is 30.9 Å². The van der Waals surface area contributed by atoms with Crippen LogP contribution in [-0.2, 0) is 23.9 Å². The Bertz CT molecular complexity index is 1520. The number of Topliss-reactive ketones (excluding diaryl/α,β-unsaturated/α-hetero) is 2. The number of benzene rings is 1. The zero-order valence-corrected chi connectivity index (χ0v) is 26.4. The van der Waals surface area contributed by atoms with Crippen molar-refractivity contribution in [3.63, 3.8) is 0 Å². The molecule has 6 atom stereocenters. The quantitative estimate of drug-likeness (QED) is 0.219. The van der Waals surface area contributed by atoms with Crippen molar-refractivity contribution in [2.45, 2.75) is 94.3 Å². The summed E-state index contributed by atoms with van der Waals surface area (Å²) in [5.41, 5.74) is 1.95. The van der Waals surface area contributed by atoms with Crippen molar-refractivity contribution in [1.82, 2.24) is 4.90 Å². The Morgan fingerprint density at radius 1 is 0.978 bits per heavy atom. The lowest BCUT2D eigenvalue weighted by atomic mass is 9.53. The zero-order valence-electron chi connectivity index (χ0n) is 26.4. The zero-order chi connectivity index (χ0) is 33.1. The van der Waals surface area contributed by atoms with Gasteiger partial charge in [0.2, 0.25) is 5.78 Å². The molecule has 5 aliphatic carbocycles. The predicted molar refractivity (Wildman–Crippen MR) is 166 cm³/mol. The summed E-state index contributed by atoms with van der Waals surface area (Å²) in [6, 6.07) is 3.42. The van der Waals surface area contributed by atoms with E-state index in [4.69, 9.17) is 10.5 Å². The van der Waals surface area contributed by atoms with E-state index in [9.17, 15) is 39.6 Å². The molecule has 0 aromatic heterocycles. The minimum atomic E-state index is -2.94. The number of aromatic hydroxyl groups is 1. The highest BCUT2D eigenvalue weighted by Crippen LogP contribution is 2.58. The minimum absolute atomic E-state index is 0.0348. The number of nitrogens with zero attached hydrogens (tertiary/aromatic N) is 1. The molecule has 1 amide bonds. The summed E-state index contributed by atoms with van der Waals surface area (Å²) < 4.78 is 6.36. The van der Waals surface area contributed by atoms with E-state index in [1.807, 2.05) is 0 Å². The number of ketones is 2. The maximum absolute atomic E-state index is 14.7. The highest BCUT2D eigenvalue weighted by Gasteiger charge is 2.70. The van der Waals surface area contributed by atoms with Crippen LogP contribution < -0.4 is 5.73 Å². The molecule has 3 fully saturated rings. The molecule has 0 bridgehead atoms. The Balaban J connectivity index is 1.59. The summed E-state index contributed by atoms with van der Waals surface area (Å²) in [4.78, 5) is 56.4. The van der Waals surface area contributed by atoms with Crippen LogP contribution in [-0.4, -0.2) is 80.6 Å². The fourth-order valence-electron chi connectivity index (χ4n) is 9.13. The van der Waals surface area contributed by atoms with Gasteiger partial charge in [0.05, 0.1) is 23.4 Å². The van der Waals surface area contributed by atoms with Crippen molar-refractivity contribution < 1.29 is 44.3 Å². The molecule has 11 nitrogen and oxygen atoms in total. The first-order chi connectivity index (χ1) is 21.9. The molecule has 1 unspecified atom stereocenters. The van der Waals surface area contributed by atoms with E-state index in [1.165, 1.54) is 25.1 Å². The Hall–Kier alpha value is -3.70. The number of hydrogen-bond donors (Lipinski definition) is 5. The number of aliphatic hydroxyl groups excluding tert-OH is 2. The molecular weight excluding hydrogens is 592 g/mol. The summed E-state index contributed by atoms with van der Waals surface area (Å²) in [6.45, 7) is 0. The number of carbonyl (C=O) groups excluding carboxylic acids is 4. The maximum atomic E-state index is 14.7. The van der Waals surface area contributed by atoms with Gasteiger partial charge in [0, 0.05) is 11.5 Å². The van der Waals surface area contributed by atoms with E-state index in [0.717, 1.165) is 51.4 Å². The first kappa shape index (κ1) is 32.2. The number of primary amides is 1. The molecule has 6 N–H and O–H groups in total. The number of likely N-dealkylation sites (N-methyl/N-ethyl adjacent to an activating group) is 1. The highest BCUT2D eigenvalue weighted by molar-refractivity contribution is 6.24. The molecular formula is C35H44N2O9. The van der Waals surface area contributed by atoms with Gasteiger partial charge in [-0.15, -0.1) is 0 Å². The van der Waals surface area contributed by atoms with Crippen molar-refractivity contribution in [3.05, 3.63) is 46.2 Å². The van der Waals surface area contributed by atoms with Gasteiger partial charge in [-0.1, -0.05) is 57.1 Å². The number of aliphatic hydroxyl groups is 3. The average Bonchev–Trinajstić information content (AvgIpc) is 3.54. The van der Waals surface area contributed by atoms with Crippen molar-refractivity contribution in [3.8, 4) is 5.75 Å². The van der Waals surface area contributed by atoms with Crippen LogP contribution in [0.4, 0.5) is 0 Å². The number of hydrogen-bond acceptors (Lipinski definition) is 10. The Morgan fingerprint density at radius 2 is 1.63 bits per heavy atom. The second-order valence-corrected chi connectivity index (χ2v) is 14.1. The summed E-state index contributed by atoms with van der Waals surface area (Å²) >= 11 is 0. The number of esters is 1. The minimum Gasteiger partial charge on any atom is -0.508 e. The van der Waals surface area contributed by atoms with Crippen LogP contribution >= 0.6 is 0 Å². The third kappa shape index (κ3) is 4.94. The Morgan fingerprint density at radius 3 is 2.26 bits per heavy atom. The molecule has 1 aromatic carbocycles. The van der Waals surface area contributed by atoms with E-state index in [0.29, 0.717) is 30.7 Å². The van der Waals surface area contributed by atoms with Crippen LogP contribution in [0.2, 0.25) is 0 Å². The van der Waals surface area contributed by atoms with Gasteiger partial charge in [0.25, 0.3) is 5.91 Å². The Labute approximate surface area is 268 Å². The molecule has 5 aliphatic rings. The first-order valence-corrected chi connectivity index (χ1v) is 16.6. The molecule has 0 saturated heterocycles. The smallest absolute Gasteiger partial charge is 0.309 e. The number of amides is 1. The van der Waals surface area contributed by atoms with E-state index < -0.39 is 82.0 Å². The summed E-state index contributed by atoms with van der Waals surface area (Å²) in [7, 11) is 3.06. The van der Waals surface area contributed by atoms with E-state index in [1.54, 1.807) is 12.1 Å². The van der Waals surface area contributed by atoms with Crippen molar-refractivity contribution in [1.29, 1.82) is 0 Å². The maximum Gasteiger partial charge on any atom is 0.309 e. The summed E-state index contributed by atoms with van der Waals surface area (Å²) in [6.07, 6.45) is 8.18. The second kappa shape index (κ2) is 12.2. The van der Waals surface area contributed by atoms with E-state index in [2.05, 4.69) is 0 Å². The lowest BCUT2D eigenvalue weighted by Gasteiger charge is -2.55. The monoisotopic (exact) mass is 636 g/mol. The number of nitrogens with two attached hydrogens (primary N) is 1. The van der Waals surface area contributed by atoms with Gasteiger partial charge in [0.15, 0.2) is 11.4 Å². The van der Waals surface area contributed by atoms with Crippen LogP contribution in [0.3, 0.4) is 0 Å². The van der Waals surface area contributed by atoms with Crippen molar-refractivity contribution >= 4 is 29.2 Å². The molecule has 46 heavy (non-hydrogen) atoms. The first-order valence-electron chi connectivity index (χ1n) is 16.6. The van der Waals surface area contributed by atoms with Crippen molar-refractivity contribution in [2.75, 3.05) is 14.1 Å².